The van der Waals surface area contributed by atoms with Gasteiger partial charge >= 0.3 is 0 Å². The number of methoxy groups -OCH3 is 2. The average molecular weight is 438 g/mol. The quantitative estimate of drug-likeness (QED) is 0.332. The minimum absolute atomic E-state index is 0.00198. The number of halogens is 2. The number of anilines is 1. The van der Waals surface area contributed by atoms with Gasteiger partial charge in [0, 0.05) is 0 Å². The van der Waals surface area contributed by atoms with Crippen LogP contribution in [0.15, 0.2) is 35.9 Å². The molecule has 1 N–H and O–H groups in total. The molecule has 0 atom stereocenters. The molecule has 0 unspecified atom stereocenters. The van der Waals surface area contributed by atoms with E-state index < -0.39 is 16.7 Å². The van der Waals surface area contributed by atoms with Crippen molar-refractivity contribution in [3.63, 3.8) is 0 Å². The van der Waals surface area contributed by atoms with Crippen molar-refractivity contribution in [3.8, 4) is 11.5 Å². The Balaban J connectivity index is 2.06. The maximum absolute atomic E-state index is 12.7. The van der Waals surface area contributed by atoms with Gasteiger partial charge in [0.05, 0.1) is 46.5 Å². The number of nitrogens with zero attached hydrogens (tertiary/aromatic N) is 2. The molecule has 0 aromatic heterocycles. The molecule has 2 aromatic carbocycles. The average Bonchev–Trinajstić information content (AvgIpc) is 2.97. The van der Waals surface area contributed by atoms with Crippen molar-refractivity contribution in [2.24, 2.45) is 0 Å². The number of benzene rings is 2. The molecule has 1 aliphatic heterocycles. The first-order chi connectivity index (χ1) is 13.8. The van der Waals surface area contributed by atoms with Crippen molar-refractivity contribution in [2.75, 3.05) is 19.2 Å². The third-order valence-corrected chi connectivity index (χ3v) is 4.82. The number of ether oxygens (including phenoxy) is 2. The van der Waals surface area contributed by atoms with Crippen LogP contribution >= 0.6 is 23.2 Å². The van der Waals surface area contributed by atoms with Crippen LogP contribution in [0.3, 0.4) is 0 Å². The Labute approximate surface area is 174 Å². The van der Waals surface area contributed by atoms with Crippen LogP contribution in [0, 0.1) is 10.1 Å². The van der Waals surface area contributed by atoms with Gasteiger partial charge in [0.25, 0.3) is 17.5 Å². The van der Waals surface area contributed by atoms with Crippen molar-refractivity contribution in [1.29, 1.82) is 0 Å². The molecule has 1 saturated heterocycles. The van der Waals surface area contributed by atoms with E-state index in [9.17, 15) is 19.7 Å². The third-order valence-electron chi connectivity index (χ3n) is 4.08. The van der Waals surface area contributed by atoms with Gasteiger partial charge in [-0.15, -0.1) is 0 Å². The first-order valence-electron chi connectivity index (χ1n) is 7.99. The van der Waals surface area contributed by atoms with Gasteiger partial charge in [-0.05, 0) is 30.3 Å². The zero-order chi connectivity index (χ0) is 21.3. The van der Waals surface area contributed by atoms with Crippen molar-refractivity contribution >= 4 is 52.5 Å². The molecule has 2 amide bonds. The fourth-order valence-electron chi connectivity index (χ4n) is 2.68. The Kier molecular flexibility index (Phi) is 5.62. The molecule has 150 valence electrons. The molecule has 0 radical (unpaired) electrons. The van der Waals surface area contributed by atoms with Crippen LogP contribution in [0.4, 0.5) is 11.4 Å². The third kappa shape index (κ3) is 3.82. The van der Waals surface area contributed by atoms with Gasteiger partial charge in [-0.3, -0.25) is 25.1 Å². The number of nitro benzene ring substituents is 1. The minimum atomic E-state index is -0.731. The summed E-state index contributed by atoms with van der Waals surface area (Å²) in [5.41, 5.74) is 2.01. The van der Waals surface area contributed by atoms with Crippen molar-refractivity contribution in [2.45, 2.75) is 0 Å². The molecular weight excluding hydrogens is 425 g/mol. The lowest BCUT2D eigenvalue weighted by Crippen LogP contribution is -2.35. The highest BCUT2D eigenvalue weighted by Gasteiger charge is 2.35. The highest BCUT2D eigenvalue weighted by molar-refractivity contribution is 6.42. The van der Waals surface area contributed by atoms with E-state index in [-0.39, 0.29) is 44.1 Å². The summed E-state index contributed by atoms with van der Waals surface area (Å²) in [5, 5.41) is 12.9. The van der Waals surface area contributed by atoms with Crippen LogP contribution < -0.4 is 19.9 Å². The van der Waals surface area contributed by atoms with Crippen LogP contribution in [-0.4, -0.2) is 31.0 Å². The van der Waals surface area contributed by atoms with Crippen LogP contribution in [0.5, 0.6) is 11.5 Å². The second kappa shape index (κ2) is 7.98. The number of carbonyl (C=O) groups is 2. The van der Waals surface area contributed by atoms with E-state index in [2.05, 4.69) is 5.43 Å². The van der Waals surface area contributed by atoms with E-state index >= 15 is 0 Å². The molecule has 1 heterocycles. The molecule has 1 fully saturated rings. The Hall–Kier alpha value is -3.30. The summed E-state index contributed by atoms with van der Waals surface area (Å²) in [7, 11) is 2.70. The minimum Gasteiger partial charge on any atom is -0.493 e. The van der Waals surface area contributed by atoms with Crippen LogP contribution in [0.25, 0.3) is 6.08 Å². The van der Waals surface area contributed by atoms with E-state index in [1.54, 1.807) is 0 Å². The van der Waals surface area contributed by atoms with Gasteiger partial charge in [0.1, 0.15) is 5.57 Å². The van der Waals surface area contributed by atoms with E-state index in [0.717, 1.165) is 17.2 Å². The SMILES string of the molecule is COc1cc(/C=C2\C(=O)NN(c3ccc(Cl)c(Cl)c3)C2=O)c([N+](=O)[O-])cc1OC. The summed E-state index contributed by atoms with van der Waals surface area (Å²) in [5.74, 6) is -1.10. The highest BCUT2D eigenvalue weighted by atomic mass is 35.5. The second-order valence-corrected chi connectivity index (χ2v) is 6.58. The summed E-state index contributed by atoms with van der Waals surface area (Å²) in [6.07, 6.45) is 1.12. The number of nitrogens with one attached hydrogen (secondary N) is 1. The van der Waals surface area contributed by atoms with Gasteiger partial charge in [0.15, 0.2) is 11.5 Å². The Bertz CT molecular complexity index is 1070. The summed E-state index contributed by atoms with van der Waals surface area (Å²) in [6.45, 7) is 0. The van der Waals surface area contributed by atoms with Gasteiger partial charge in [-0.25, -0.2) is 5.01 Å². The Morgan fingerprint density at radius 3 is 2.31 bits per heavy atom. The number of amides is 2. The maximum atomic E-state index is 12.7. The monoisotopic (exact) mass is 437 g/mol. The van der Waals surface area contributed by atoms with Crippen molar-refractivity contribution < 1.29 is 24.0 Å². The largest absolute Gasteiger partial charge is 0.493 e. The topological polar surface area (TPSA) is 111 Å². The van der Waals surface area contributed by atoms with Crippen molar-refractivity contribution in [3.05, 3.63) is 61.6 Å². The lowest BCUT2D eigenvalue weighted by atomic mass is 10.1. The first kappa shape index (κ1) is 20.4. The smallest absolute Gasteiger partial charge is 0.282 e. The number of nitro groups is 1. The Morgan fingerprint density at radius 1 is 1.07 bits per heavy atom. The molecule has 0 bridgehead atoms. The molecule has 0 aliphatic carbocycles. The maximum Gasteiger partial charge on any atom is 0.282 e. The van der Waals surface area contributed by atoms with E-state index in [4.69, 9.17) is 32.7 Å². The molecule has 11 heteroatoms. The summed E-state index contributed by atoms with van der Waals surface area (Å²) in [4.78, 5) is 35.9. The molecular formula is C18H13Cl2N3O6. The fraction of sp³-hybridized carbons (Fsp3) is 0.111. The molecule has 1 aliphatic rings. The predicted octanol–water partition coefficient (Wildman–Crippen LogP) is 3.38. The molecule has 9 nitrogen and oxygen atoms in total. The predicted molar refractivity (Wildman–Crippen MR) is 106 cm³/mol. The number of rotatable bonds is 5. The van der Waals surface area contributed by atoms with Crippen molar-refractivity contribution in [1.82, 2.24) is 5.43 Å². The van der Waals surface area contributed by atoms with Gasteiger partial charge < -0.3 is 9.47 Å². The summed E-state index contributed by atoms with van der Waals surface area (Å²) >= 11 is 11.8. The summed E-state index contributed by atoms with van der Waals surface area (Å²) < 4.78 is 10.2. The molecule has 0 spiro atoms. The molecule has 3 rings (SSSR count). The Morgan fingerprint density at radius 2 is 1.72 bits per heavy atom. The molecule has 0 saturated carbocycles. The van der Waals surface area contributed by atoms with Gasteiger partial charge in [0.2, 0.25) is 0 Å². The van der Waals surface area contributed by atoms with Crippen LogP contribution in [0.1, 0.15) is 5.56 Å². The lowest BCUT2D eigenvalue weighted by Gasteiger charge is -2.15. The lowest BCUT2D eigenvalue weighted by molar-refractivity contribution is -0.385. The zero-order valence-corrected chi connectivity index (χ0v) is 16.6. The second-order valence-electron chi connectivity index (χ2n) is 5.76. The fourth-order valence-corrected chi connectivity index (χ4v) is 2.97. The number of hydrogen-bond donors (Lipinski definition) is 1. The van der Waals surface area contributed by atoms with Crippen LogP contribution in [0.2, 0.25) is 10.0 Å². The highest BCUT2D eigenvalue weighted by Crippen LogP contribution is 2.36. The number of hydrazine groups is 1. The standard InChI is InChI=1S/C18H13Cl2N3O6/c1-28-15-6-9(14(23(26)27)8-16(15)29-2)5-11-17(24)21-22(18(11)25)10-3-4-12(19)13(20)7-10/h3-8H,1-2H3,(H,21,24)/b11-5+. The molecule has 2 aromatic rings. The van der Waals surface area contributed by atoms with E-state index in [1.807, 2.05) is 0 Å². The normalized spacial score (nSPS) is 14.9. The van der Waals surface area contributed by atoms with Gasteiger partial charge in [-0.1, -0.05) is 23.2 Å². The molecule has 29 heavy (non-hydrogen) atoms. The zero-order valence-electron chi connectivity index (χ0n) is 15.1. The van der Waals surface area contributed by atoms with E-state index in [0.29, 0.717) is 0 Å². The number of carbonyl (C=O) groups excluding carboxylic acids is 2. The van der Waals surface area contributed by atoms with E-state index in [1.165, 1.54) is 38.5 Å². The summed E-state index contributed by atoms with van der Waals surface area (Å²) in [6, 6.07) is 6.84. The number of hydrogen-bond acceptors (Lipinski definition) is 6. The van der Waals surface area contributed by atoms with Crippen LogP contribution in [-0.2, 0) is 9.59 Å². The van der Waals surface area contributed by atoms with Gasteiger partial charge in [-0.2, -0.15) is 0 Å². The first-order valence-corrected chi connectivity index (χ1v) is 8.75.